The lowest BCUT2D eigenvalue weighted by atomic mass is 10.1. The minimum Gasteiger partial charge on any atom is -0.381 e. The lowest BCUT2D eigenvalue weighted by Crippen LogP contribution is -2.29. The van der Waals surface area contributed by atoms with E-state index >= 15 is 0 Å². The fourth-order valence-electron chi connectivity index (χ4n) is 3.21. The van der Waals surface area contributed by atoms with Gasteiger partial charge in [0.05, 0.1) is 34.3 Å². The summed E-state index contributed by atoms with van der Waals surface area (Å²) in [4.78, 5) is 18.7. The summed E-state index contributed by atoms with van der Waals surface area (Å²) in [5.41, 5.74) is 2.19. The number of aromatic nitrogens is 3. The highest BCUT2D eigenvalue weighted by Crippen LogP contribution is 2.29. The lowest BCUT2D eigenvalue weighted by Gasteiger charge is -2.12. The Morgan fingerprint density at radius 3 is 3.08 bits per heavy atom. The zero-order valence-corrected chi connectivity index (χ0v) is 15.8. The van der Waals surface area contributed by atoms with Crippen LogP contribution in [0.3, 0.4) is 0 Å². The lowest BCUT2D eigenvalue weighted by molar-refractivity contribution is 0.0946. The van der Waals surface area contributed by atoms with Gasteiger partial charge in [-0.25, -0.2) is 9.67 Å². The van der Waals surface area contributed by atoms with Gasteiger partial charge in [-0.3, -0.25) is 4.79 Å². The number of pyridine rings is 1. The molecule has 0 bridgehead atoms. The van der Waals surface area contributed by atoms with Gasteiger partial charge in [0.2, 0.25) is 0 Å². The van der Waals surface area contributed by atoms with Gasteiger partial charge in [0.1, 0.15) is 0 Å². The highest BCUT2D eigenvalue weighted by Gasteiger charge is 2.21. The molecule has 1 fully saturated rings. The molecule has 1 amide bonds. The first-order valence-electron chi connectivity index (χ1n) is 8.91. The maximum Gasteiger partial charge on any atom is 0.252 e. The van der Waals surface area contributed by atoms with Gasteiger partial charge in [-0.15, -0.1) is 11.3 Å². The van der Waals surface area contributed by atoms with Crippen molar-refractivity contribution in [2.45, 2.75) is 26.3 Å². The van der Waals surface area contributed by atoms with E-state index in [9.17, 15) is 4.79 Å². The zero-order chi connectivity index (χ0) is 18.1. The van der Waals surface area contributed by atoms with Crippen LogP contribution in [0.4, 0.5) is 0 Å². The van der Waals surface area contributed by atoms with Gasteiger partial charge < -0.3 is 10.1 Å². The number of nitrogens with zero attached hydrogens (tertiary/aromatic N) is 3. The minimum absolute atomic E-state index is 0.0783. The highest BCUT2D eigenvalue weighted by atomic mass is 32.1. The average Bonchev–Trinajstić information content (AvgIpc) is 3.39. The summed E-state index contributed by atoms with van der Waals surface area (Å²) in [6.07, 6.45) is 2.74. The SMILES string of the molecule is CC(C)n1ncc2c(C(=O)NCC3CCOC3)cc(-c3cccs3)nc21. The van der Waals surface area contributed by atoms with Gasteiger partial charge in [-0.1, -0.05) is 6.07 Å². The third kappa shape index (κ3) is 3.24. The molecular formula is C19H22N4O2S. The zero-order valence-electron chi connectivity index (χ0n) is 14.9. The topological polar surface area (TPSA) is 69.0 Å². The molecule has 4 rings (SSSR count). The van der Waals surface area contributed by atoms with E-state index in [1.54, 1.807) is 17.5 Å². The van der Waals surface area contributed by atoms with Crippen LogP contribution in [0.5, 0.6) is 0 Å². The van der Waals surface area contributed by atoms with E-state index in [2.05, 4.69) is 24.3 Å². The van der Waals surface area contributed by atoms with Crippen molar-refractivity contribution in [3.05, 3.63) is 35.3 Å². The predicted molar refractivity (Wildman–Crippen MR) is 102 cm³/mol. The van der Waals surface area contributed by atoms with E-state index < -0.39 is 0 Å². The molecule has 6 nitrogen and oxygen atoms in total. The van der Waals surface area contributed by atoms with E-state index in [-0.39, 0.29) is 11.9 Å². The van der Waals surface area contributed by atoms with E-state index in [0.29, 0.717) is 18.0 Å². The van der Waals surface area contributed by atoms with Gasteiger partial charge in [0.25, 0.3) is 5.91 Å². The van der Waals surface area contributed by atoms with Crippen molar-refractivity contribution in [3.63, 3.8) is 0 Å². The van der Waals surface area contributed by atoms with E-state index in [1.165, 1.54) is 0 Å². The molecule has 3 aromatic rings. The summed E-state index contributed by atoms with van der Waals surface area (Å²) in [7, 11) is 0. The third-order valence-corrected chi connectivity index (χ3v) is 5.54. The molecule has 0 saturated carbocycles. The van der Waals surface area contributed by atoms with Crippen LogP contribution < -0.4 is 5.32 Å². The standard InChI is InChI=1S/C19H22N4O2S/c1-12(2)23-18-15(10-21-23)14(8-16(22-18)17-4-3-7-26-17)19(24)20-9-13-5-6-25-11-13/h3-4,7-8,10,12-13H,5-6,9,11H2,1-2H3,(H,20,24). The van der Waals surface area contributed by atoms with Crippen molar-refractivity contribution in [3.8, 4) is 10.6 Å². The number of hydrogen-bond donors (Lipinski definition) is 1. The Balaban J connectivity index is 1.72. The van der Waals surface area contributed by atoms with Gasteiger partial charge in [0.15, 0.2) is 5.65 Å². The first-order chi connectivity index (χ1) is 12.6. The van der Waals surface area contributed by atoms with Crippen molar-refractivity contribution in [1.82, 2.24) is 20.1 Å². The number of ether oxygens (including phenoxy) is 1. The van der Waals surface area contributed by atoms with Crippen LogP contribution >= 0.6 is 11.3 Å². The van der Waals surface area contributed by atoms with Crippen LogP contribution in [0.1, 0.15) is 36.7 Å². The Morgan fingerprint density at radius 2 is 2.38 bits per heavy atom. The fraction of sp³-hybridized carbons (Fsp3) is 0.421. The summed E-state index contributed by atoms with van der Waals surface area (Å²) in [5.74, 6) is 0.317. The molecule has 1 aliphatic heterocycles. The number of fused-ring (bicyclic) bond motifs is 1. The normalized spacial score (nSPS) is 17.3. The molecule has 26 heavy (non-hydrogen) atoms. The first kappa shape index (κ1) is 17.2. The Bertz CT molecular complexity index is 911. The monoisotopic (exact) mass is 370 g/mol. The van der Waals surface area contributed by atoms with E-state index in [4.69, 9.17) is 9.72 Å². The second-order valence-corrected chi connectivity index (χ2v) is 7.84. The van der Waals surface area contributed by atoms with Crippen LogP contribution in [0.15, 0.2) is 29.8 Å². The molecule has 0 spiro atoms. The van der Waals surface area contributed by atoms with E-state index in [1.807, 2.05) is 28.3 Å². The number of carbonyl (C=O) groups excluding carboxylic acids is 1. The van der Waals surface area contributed by atoms with Crippen molar-refractivity contribution in [1.29, 1.82) is 0 Å². The van der Waals surface area contributed by atoms with Gasteiger partial charge in [0, 0.05) is 25.1 Å². The minimum atomic E-state index is -0.0783. The summed E-state index contributed by atoms with van der Waals surface area (Å²) in [6, 6.07) is 6.06. The average molecular weight is 370 g/mol. The first-order valence-corrected chi connectivity index (χ1v) is 9.79. The molecular weight excluding hydrogens is 348 g/mol. The van der Waals surface area contributed by atoms with Crippen LogP contribution in [0, 0.1) is 5.92 Å². The molecule has 7 heteroatoms. The van der Waals surface area contributed by atoms with Crippen LogP contribution in [0.25, 0.3) is 21.6 Å². The summed E-state index contributed by atoms with van der Waals surface area (Å²) >= 11 is 1.62. The van der Waals surface area contributed by atoms with Crippen LogP contribution in [-0.4, -0.2) is 40.4 Å². The molecule has 1 N–H and O–H groups in total. The van der Waals surface area contributed by atoms with Crippen molar-refractivity contribution in [2.75, 3.05) is 19.8 Å². The maximum atomic E-state index is 12.9. The molecule has 0 aromatic carbocycles. The molecule has 0 aliphatic carbocycles. The van der Waals surface area contributed by atoms with E-state index in [0.717, 1.165) is 41.2 Å². The predicted octanol–water partition coefficient (Wildman–Crippen LogP) is 3.51. The smallest absolute Gasteiger partial charge is 0.252 e. The van der Waals surface area contributed by atoms with Crippen molar-refractivity contribution >= 4 is 28.3 Å². The Hall–Kier alpha value is -2.25. The van der Waals surface area contributed by atoms with Crippen molar-refractivity contribution < 1.29 is 9.53 Å². The molecule has 0 radical (unpaired) electrons. The third-order valence-electron chi connectivity index (χ3n) is 4.65. The Morgan fingerprint density at radius 1 is 1.50 bits per heavy atom. The van der Waals surface area contributed by atoms with Crippen molar-refractivity contribution in [2.24, 2.45) is 5.92 Å². The molecule has 136 valence electrons. The number of nitrogens with one attached hydrogen (secondary N) is 1. The molecule has 1 aliphatic rings. The summed E-state index contributed by atoms with van der Waals surface area (Å²) in [5, 5.41) is 10.3. The molecule has 3 aromatic heterocycles. The fourth-order valence-corrected chi connectivity index (χ4v) is 3.90. The quantitative estimate of drug-likeness (QED) is 0.746. The van der Waals surface area contributed by atoms with Crippen LogP contribution in [0.2, 0.25) is 0 Å². The molecule has 4 heterocycles. The number of amides is 1. The molecule has 1 unspecified atom stereocenters. The second kappa shape index (κ2) is 7.17. The molecule has 1 saturated heterocycles. The Kier molecular flexibility index (Phi) is 4.74. The number of rotatable bonds is 5. The number of carbonyl (C=O) groups is 1. The van der Waals surface area contributed by atoms with Gasteiger partial charge in [-0.2, -0.15) is 5.10 Å². The highest BCUT2D eigenvalue weighted by molar-refractivity contribution is 7.13. The number of thiophene rings is 1. The molecule has 1 atom stereocenters. The van der Waals surface area contributed by atoms with Gasteiger partial charge >= 0.3 is 0 Å². The number of hydrogen-bond acceptors (Lipinski definition) is 5. The second-order valence-electron chi connectivity index (χ2n) is 6.89. The largest absolute Gasteiger partial charge is 0.381 e. The van der Waals surface area contributed by atoms with Crippen LogP contribution in [-0.2, 0) is 4.74 Å². The van der Waals surface area contributed by atoms with Gasteiger partial charge in [-0.05, 0) is 37.8 Å². The maximum absolute atomic E-state index is 12.9. The summed E-state index contributed by atoms with van der Waals surface area (Å²) in [6.45, 7) is 6.26. The Labute approximate surface area is 156 Å². The summed E-state index contributed by atoms with van der Waals surface area (Å²) < 4.78 is 7.26.